The van der Waals surface area contributed by atoms with Crippen LogP contribution >= 0.6 is 0 Å². The number of nitrogens with one attached hydrogen (secondary N) is 1. The van der Waals surface area contributed by atoms with Crippen molar-refractivity contribution >= 4 is 5.69 Å². The highest BCUT2D eigenvalue weighted by Crippen LogP contribution is 2.15. The second kappa shape index (κ2) is 4.95. The Bertz CT molecular complexity index is 523. The fraction of sp³-hybridized carbons (Fsp3) is 0.214. The molecular weight excluding hydrogens is 215 g/mol. The Labute approximate surface area is 101 Å². The summed E-state index contributed by atoms with van der Waals surface area (Å²) >= 11 is 0. The summed E-state index contributed by atoms with van der Waals surface area (Å²) in [6.07, 6.45) is 0. The first kappa shape index (κ1) is 11.6. The summed E-state index contributed by atoms with van der Waals surface area (Å²) in [5, 5.41) is 3.05. The van der Waals surface area contributed by atoms with Crippen LogP contribution in [0.25, 0.3) is 0 Å². The molecule has 0 amide bonds. The first-order chi connectivity index (χ1) is 8.15. The molecule has 0 bridgehead atoms. The lowest BCUT2D eigenvalue weighted by Gasteiger charge is -2.08. The van der Waals surface area contributed by atoms with Crippen molar-refractivity contribution in [1.82, 2.24) is 4.98 Å². The molecule has 0 atom stereocenters. The van der Waals surface area contributed by atoms with E-state index in [9.17, 15) is 4.39 Å². The Morgan fingerprint density at radius 3 is 2.71 bits per heavy atom. The first-order valence-electron chi connectivity index (χ1n) is 5.58. The molecule has 2 aromatic rings. The third-order valence-corrected chi connectivity index (χ3v) is 2.53. The molecule has 0 aliphatic heterocycles. The number of hydrogen-bond donors (Lipinski definition) is 1. The molecule has 0 radical (unpaired) electrons. The van der Waals surface area contributed by atoms with Crippen LogP contribution < -0.4 is 5.32 Å². The first-order valence-corrected chi connectivity index (χ1v) is 5.58. The van der Waals surface area contributed by atoms with Gasteiger partial charge in [0.25, 0.3) is 0 Å². The minimum absolute atomic E-state index is 0.224. The quantitative estimate of drug-likeness (QED) is 0.873. The smallest absolute Gasteiger partial charge is 0.146 e. The molecule has 1 aromatic carbocycles. The summed E-state index contributed by atoms with van der Waals surface area (Å²) in [6.45, 7) is 4.34. The Morgan fingerprint density at radius 1 is 1.18 bits per heavy atom. The van der Waals surface area contributed by atoms with E-state index >= 15 is 0 Å². The van der Waals surface area contributed by atoms with E-state index in [1.165, 1.54) is 6.07 Å². The molecule has 88 valence electrons. The standard InChI is InChI=1S/C14H15FN2/c1-10-6-7-14(13(15)8-10)16-9-12-5-3-4-11(2)17-12/h3-8,16H,9H2,1-2H3. The number of halogens is 1. The van der Waals surface area contributed by atoms with E-state index in [0.29, 0.717) is 12.2 Å². The second-order valence-corrected chi connectivity index (χ2v) is 4.11. The molecule has 3 heteroatoms. The number of rotatable bonds is 3. The molecular formula is C14H15FN2. The van der Waals surface area contributed by atoms with Crippen molar-refractivity contribution in [3.8, 4) is 0 Å². The van der Waals surface area contributed by atoms with Crippen LogP contribution in [0.3, 0.4) is 0 Å². The Hall–Kier alpha value is -1.90. The SMILES string of the molecule is Cc1ccc(NCc2cccc(C)n2)c(F)c1. The lowest BCUT2D eigenvalue weighted by atomic mass is 10.2. The summed E-state index contributed by atoms with van der Waals surface area (Å²) in [4.78, 5) is 4.35. The van der Waals surface area contributed by atoms with E-state index in [-0.39, 0.29) is 5.82 Å². The van der Waals surface area contributed by atoms with Crippen molar-refractivity contribution in [2.24, 2.45) is 0 Å². The summed E-state index contributed by atoms with van der Waals surface area (Å²) in [6, 6.07) is 11.0. The molecule has 0 unspecified atom stereocenters. The van der Waals surface area contributed by atoms with Crippen molar-refractivity contribution < 1.29 is 4.39 Å². The van der Waals surface area contributed by atoms with Crippen molar-refractivity contribution in [2.45, 2.75) is 20.4 Å². The maximum atomic E-state index is 13.5. The Morgan fingerprint density at radius 2 is 2.00 bits per heavy atom. The van der Waals surface area contributed by atoms with Gasteiger partial charge in [-0.2, -0.15) is 0 Å². The molecule has 1 heterocycles. The molecule has 2 nitrogen and oxygen atoms in total. The molecule has 0 spiro atoms. The zero-order valence-electron chi connectivity index (χ0n) is 10.00. The molecule has 0 saturated carbocycles. The highest BCUT2D eigenvalue weighted by molar-refractivity contribution is 5.46. The molecule has 0 saturated heterocycles. The van der Waals surface area contributed by atoms with E-state index in [2.05, 4.69) is 10.3 Å². The predicted octanol–water partition coefficient (Wildman–Crippen LogP) is 3.45. The van der Waals surface area contributed by atoms with Gasteiger partial charge in [0.15, 0.2) is 0 Å². The lowest BCUT2D eigenvalue weighted by Crippen LogP contribution is -2.03. The maximum Gasteiger partial charge on any atom is 0.146 e. The number of aryl methyl sites for hydroxylation is 2. The van der Waals surface area contributed by atoms with Crippen molar-refractivity contribution in [2.75, 3.05) is 5.32 Å². The van der Waals surface area contributed by atoms with E-state index in [1.54, 1.807) is 6.07 Å². The van der Waals surface area contributed by atoms with Gasteiger partial charge in [-0.3, -0.25) is 4.98 Å². The maximum absolute atomic E-state index is 13.5. The number of pyridine rings is 1. The molecule has 1 N–H and O–H groups in total. The number of hydrogen-bond acceptors (Lipinski definition) is 2. The minimum Gasteiger partial charge on any atom is -0.377 e. The van der Waals surface area contributed by atoms with Crippen molar-refractivity contribution in [3.05, 3.63) is 59.2 Å². The fourth-order valence-electron chi connectivity index (χ4n) is 1.65. The zero-order valence-corrected chi connectivity index (χ0v) is 10.00. The topological polar surface area (TPSA) is 24.9 Å². The summed E-state index contributed by atoms with van der Waals surface area (Å²) < 4.78 is 13.5. The summed E-state index contributed by atoms with van der Waals surface area (Å²) in [5.41, 5.74) is 3.30. The molecule has 1 aromatic heterocycles. The van der Waals surface area contributed by atoms with E-state index in [4.69, 9.17) is 0 Å². The summed E-state index contributed by atoms with van der Waals surface area (Å²) in [5.74, 6) is -0.224. The molecule has 0 fully saturated rings. The van der Waals surface area contributed by atoms with Gasteiger partial charge in [-0.1, -0.05) is 12.1 Å². The molecule has 2 rings (SSSR count). The monoisotopic (exact) mass is 230 g/mol. The van der Waals surface area contributed by atoms with Gasteiger partial charge in [-0.05, 0) is 43.7 Å². The van der Waals surface area contributed by atoms with E-state index in [1.807, 2.05) is 38.1 Å². The van der Waals surface area contributed by atoms with Gasteiger partial charge >= 0.3 is 0 Å². The van der Waals surface area contributed by atoms with Crippen LogP contribution in [0.1, 0.15) is 17.0 Å². The van der Waals surface area contributed by atoms with Crippen LogP contribution in [0.4, 0.5) is 10.1 Å². The average Bonchev–Trinajstić information content (AvgIpc) is 2.28. The largest absolute Gasteiger partial charge is 0.377 e. The van der Waals surface area contributed by atoms with Gasteiger partial charge in [0.05, 0.1) is 17.9 Å². The van der Waals surface area contributed by atoms with Crippen LogP contribution in [0, 0.1) is 19.7 Å². The van der Waals surface area contributed by atoms with Gasteiger partial charge in [0.2, 0.25) is 0 Å². The average molecular weight is 230 g/mol. The van der Waals surface area contributed by atoms with Gasteiger partial charge in [0.1, 0.15) is 5.82 Å². The van der Waals surface area contributed by atoms with Gasteiger partial charge < -0.3 is 5.32 Å². The predicted molar refractivity (Wildman–Crippen MR) is 67.4 cm³/mol. The van der Waals surface area contributed by atoms with Crippen LogP contribution in [-0.4, -0.2) is 4.98 Å². The Balaban J connectivity index is 2.07. The number of aromatic nitrogens is 1. The minimum atomic E-state index is -0.224. The van der Waals surface area contributed by atoms with Crippen molar-refractivity contribution in [3.63, 3.8) is 0 Å². The third-order valence-electron chi connectivity index (χ3n) is 2.53. The summed E-state index contributed by atoms with van der Waals surface area (Å²) in [7, 11) is 0. The van der Waals surface area contributed by atoms with Crippen LogP contribution in [0.15, 0.2) is 36.4 Å². The normalized spacial score (nSPS) is 10.3. The van der Waals surface area contributed by atoms with Gasteiger partial charge in [-0.25, -0.2) is 4.39 Å². The van der Waals surface area contributed by atoms with Crippen molar-refractivity contribution in [1.29, 1.82) is 0 Å². The van der Waals surface area contributed by atoms with Crippen LogP contribution in [0.2, 0.25) is 0 Å². The zero-order chi connectivity index (χ0) is 12.3. The Kier molecular flexibility index (Phi) is 3.38. The van der Waals surface area contributed by atoms with E-state index in [0.717, 1.165) is 17.0 Å². The highest BCUT2D eigenvalue weighted by Gasteiger charge is 2.02. The molecule has 0 aliphatic carbocycles. The van der Waals surface area contributed by atoms with Gasteiger partial charge in [0, 0.05) is 5.69 Å². The highest BCUT2D eigenvalue weighted by atomic mass is 19.1. The van der Waals surface area contributed by atoms with E-state index < -0.39 is 0 Å². The van der Waals surface area contributed by atoms with Gasteiger partial charge in [-0.15, -0.1) is 0 Å². The fourth-order valence-corrected chi connectivity index (χ4v) is 1.65. The molecule has 0 aliphatic rings. The number of nitrogens with zero attached hydrogens (tertiary/aromatic N) is 1. The second-order valence-electron chi connectivity index (χ2n) is 4.11. The number of benzene rings is 1. The van der Waals surface area contributed by atoms with Crippen LogP contribution in [0.5, 0.6) is 0 Å². The third kappa shape index (κ3) is 3.03. The van der Waals surface area contributed by atoms with Crippen LogP contribution in [-0.2, 0) is 6.54 Å². The number of anilines is 1. The lowest BCUT2D eigenvalue weighted by molar-refractivity contribution is 0.629. The molecule has 17 heavy (non-hydrogen) atoms.